The Bertz CT molecular complexity index is 652. The maximum absolute atomic E-state index is 4.15. The van der Waals surface area contributed by atoms with Crippen LogP contribution in [0.5, 0.6) is 0 Å². The molecule has 0 atom stereocenters. The zero-order chi connectivity index (χ0) is 12.4. The number of fused-ring (bicyclic) bond motifs is 1. The smallest absolute Gasteiger partial charge is 0.0948 e. The Balaban J connectivity index is 1.76. The Kier molecular flexibility index (Phi) is 2.72. The third-order valence-corrected chi connectivity index (χ3v) is 3.05. The summed E-state index contributed by atoms with van der Waals surface area (Å²) in [6, 6.07) is 6.18. The lowest BCUT2D eigenvalue weighted by molar-refractivity contribution is 0.719. The molecule has 18 heavy (non-hydrogen) atoms. The predicted octanol–water partition coefficient (Wildman–Crippen LogP) is 2.39. The van der Waals surface area contributed by atoms with E-state index in [2.05, 4.69) is 50.2 Å². The minimum atomic E-state index is 0.771. The number of rotatable bonds is 4. The molecule has 92 valence electrons. The van der Waals surface area contributed by atoms with Crippen LogP contribution in [0, 0.1) is 0 Å². The van der Waals surface area contributed by atoms with Crippen molar-refractivity contribution in [1.29, 1.82) is 0 Å². The highest BCUT2D eigenvalue weighted by molar-refractivity contribution is 5.81. The number of imidazole rings is 1. The minimum Gasteiger partial charge on any atom is -0.379 e. The molecule has 3 rings (SSSR count). The Hall–Kier alpha value is -2.30. The predicted molar refractivity (Wildman–Crippen MR) is 71.3 cm³/mol. The van der Waals surface area contributed by atoms with E-state index in [4.69, 9.17) is 0 Å². The first-order valence-corrected chi connectivity index (χ1v) is 6.03. The molecule has 5 heteroatoms. The monoisotopic (exact) mass is 241 g/mol. The number of aromatic nitrogens is 4. The van der Waals surface area contributed by atoms with Crippen LogP contribution in [0.4, 0.5) is 5.69 Å². The van der Waals surface area contributed by atoms with E-state index in [0.29, 0.717) is 0 Å². The van der Waals surface area contributed by atoms with E-state index >= 15 is 0 Å². The third kappa shape index (κ3) is 1.95. The van der Waals surface area contributed by atoms with Crippen molar-refractivity contribution >= 4 is 16.6 Å². The highest BCUT2D eigenvalue weighted by atomic mass is 15.1. The Labute approximate surface area is 105 Å². The lowest BCUT2D eigenvalue weighted by Crippen LogP contribution is -2.05. The quantitative estimate of drug-likeness (QED) is 0.737. The van der Waals surface area contributed by atoms with Gasteiger partial charge in [-0.1, -0.05) is 0 Å². The van der Waals surface area contributed by atoms with E-state index in [0.717, 1.165) is 29.7 Å². The number of nitrogens with one attached hydrogen (secondary N) is 2. The van der Waals surface area contributed by atoms with Crippen molar-refractivity contribution in [2.45, 2.75) is 20.0 Å². The molecule has 0 saturated carbocycles. The molecule has 0 aliphatic carbocycles. The first-order chi connectivity index (χ1) is 8.86. The molecule has 3 aromatic rings. The van der Waals surface area contributed by atoms with Crippen LogP contribution in [0.15, 0.2) is 36.9 Å². The summed E-state index contributed by atoms with van der Waals surface area (Å²) in [5.41, 5.74) is 3.31. The van der Waals surface area contributed by atoms with E-state index in [1.165, 1.54) is 5.69 Å². The summed E-state index contributed by atoms with van der Waals surface area (Å²) in [6.07, 6.45) is 5.57. The van der Waals surface area contributed by atoms with E-state index < -0.39 is 0 Å². The molecule has 0 spiro atoms. The van der Waals surface area contributed by atoms with Gasteiger partial charge in [0.25, 0.3) is 0 Å². The summed E-state index contributed by atoms with van der Waals surface area (Å²) in [4.78, 5) is 4.15. The van der Waals surface area contributed by atoms with Gasteiger partial charge in [0.1, 0.15) is 0 Å². The number of anilines is 1. The molecule has 0 radical (unpaired) electrons. The summed E-state index contributed by atoms with van der Waals surface area (Å²) in [5.74, 6) is 0. The molecule has 2 heterocycles. The van der Waals surface area contributed by atoms with Gasteiger partial charge in [-0.05, 0) is 25.1 Å². The van der Waals surface area contributed by atoms with Gasteiger partial charge < -0.3 is 9.88 Å². The minimum absolute atomic E-state index is 0.771. The third-order valence-electron chi connectivity index (χ3n) is 3.05. The van der Waals surface area contributed by atoms with Gasteiger partial charge in [0.2, 0.25) is 0 Å². The van der Waals surface area contributed by atoms with Crippen molar-refractivity contribution in [1.82, 2.24) is 19.7 Å². The number of H-pyrrole nitrogens is 1. The summed E-state index contributed by atoms with van der Waals surface area (Å²) in [6.45, 7) is 3.83. The van der Waals surface area contributed by atoms with Crippen LogP contribution < -0.4 is 5.32 Å². The Morgan fingerprint density at radius 1 is 1.33 bits per heavy atom. The molecule has 0 bridgehead atoms. The highest BCUT2D eigenvalue weighted by Crippen LogP contribution is 2.17. The standard InChI is InChI=1S/C13H15N5/c1-2-18-9-14-7-12(18)8-15-11-4-3-10-6-16-17-13(10)5-11/h3-7,9,15H,2,8H2,1H3,(H,16,17). The molecule has 2 N–H and O–H groups in total. The molecule has 0 fully saturated rings. The average Bonchev–Trinajstić information content (AvgIpc) is 3.04. The molecular weight excluding hydrogens is 226 g/mol. The molecule has 0 aliphatic rings. The summed E-state index contributed by atoms with van der Waals surface area (Å²) in [7, 11) is 0. The van der Waals surface area contributed by atoms with Crippen molar-refractivity contribution in [2.24, 2.45) is 0 Å². The molecule has 0 aliphatic heterocycles. The van der Waals surface area contributed by atoms with Gasteiger partial charge >= 0.3 is 0 Å². The molecule has 5 nitrogen and oxygen atoms in total. The largest absolute Gasteiger partial charge is 0.379 e. The summed E-state index contributed by atoms with van der Waals surface area (Å²) < 4.78 is 2.13. The molecule has 0 saturated heterocycles. The van der Waals surface area contributed by atoms with Crippen LogP contribution >= 0.6 is 0 Å². The van der Waals surface area contributed by atoms with Crippen molar-refractivity contribution in [2.75, 3.05) is 5.32 Å². The number of hydrogen-bond donors (Lipinski definition) is 2. The number of nitrogens with zero attached hydrogens (tertiary/aromatic N) is 3. The fourth-order valence-corrected chi connectivity index (χ4v) is 2.02. The SMILES string of the molecule is CCn1cncc1CNc1ccc2cn[nH]c2c1. The first kappa shape index (κ1) is 10.8. The number of aryl methyl sites for hydroxylation is 1. The van der Waals surface area contributed by atoms with Crippen molar-refractivity contribution in [3.63, 3.8) is 0 Å². The van der Waals surface area contributed by atoms with E-state index in [1.54, 1.807) is 0 Å². The number of aromatic amines is 1. The van der Waals surface area contributed by atoms with Gasteiger partial charge in [0.05, 0.1) is 30.3 Å². The summed E-state index contributed by atoms with van der Waals surface area (Å²) in [5, 5.41) is 11.5. The van der Waals surface area contributed by atoms with Crippen molar-refractivity contribution in [3.8, 4) is 0 Å². The van der Waals surface area contributed by atoms with Crippen LogP contribution in [0.1, 0.15) is 12.6 Å². The maximum Gasteiger partial charge on any atom is 0.0948 e. The molecule has 0 amide bonds. The molecular formula is C13H15N5. The van der Waals surface area contributed by atoms with Gasteiger partial charge in [0, 0.05) is 23.8 Å². The average molecular weight is 241 g/mol. The fraction of sp³-hybridized carbons (Fsp3) is 0.231. The van der Waals surface area contributed by atoms with E-state index in [-0.39, 0.29) is 0 Å². The van der Waals surface area contributed by atoms with E-state index in [9.17, 15) is 0 Å². The fourth-order valence-electron chi connectivity index (χ4n) is 2.02. The van der Waals surface area contributed by atoms with Crippen LogP contribution in [-0.4, -0.2) is 19.7 Å². The van der Waals surface area contributed by atoms with Gasteiger partial charge in [-0.15, -0.1) is 0 Å². The molecule has 2 aromatic heterocycles. The van der Waals surface area contributed by atoms with Gasteiger partial charge in [-0.3, -0.25) is 5.10 Å². The first-order valence-electron chi connectivity index (χ1n) is 6.03. The molecule has 1 aromatic carbocycles. The number of benzene rings is 1. The van der Waals surface area contributed by atoms with Crippen LogP contribution in [0.3, 0.4) is 0 Å². The second-order valence-electron chi connectivity index (χ2n) is 4.20. The van der Waals surface area contributed by atoms with Crippen molar-refractivity contribution < 1.29 is 0 Å². The van der Waals surface area contributed by atoms with Gasteiger partial charge in [0.15, 0.2) is 0 Å². The topological polar surface area (TPSA) is 58.5 Å². The lowest BCUT2D eigenvalue weighted by atomic mass is 10.2. The maximum atomic E-state index is 4.15. The second-order valence-corrected chi connectivity index (χ2v) is 4.20. The van der Waals surface area contributed by atoms with Crippen molar-refractivity contribution in [3.05, 3.63) is 42.6 Å². The van der Waals surface area contributed by atoms with Crippen LogP contribution in [0.25, 0.3) is 10.9 Å². The zero-order valence-electron chi connectivity index (χ0n) is 10.2. The van der Waals surface area contributed by atoms with Gasteiger partial charge in [-0.2, -0.15) is 5.10 Å². The Morgan fingerprint density at radius 2 is 2.28 bits per heavy atom. The van der Waals surface area contributed by atoms with Crippen LogP contribution in [0.2, 0.25) is 0 Å². The van der Waals surface area contributed by atoms with Gasteiger partial charge in [-0.25, -0.2) is 4.98 Å². The lowest BCUT2D eigenvalue weighted by Gasteiger charge is -2.08. The summed E-state index contributed by atoms with van der Waals surface area (Å²) >= 11 is 0. The highest BCUT2D eigenvalue weighted by Gasteiger charge is 2.01. The normalized spacial score (nSPS) is 10.9. The van der Waals surface area contributed by atoms with E-state index in [1.807, 2.05) is 18.7 Å². The molecule has 0 unspecified atom stereocenters. The Morgan fingerprint density at radius 3 is 3.17 bits per heavy atom. The number of hydrogen-bond acceptors (Lipinski definition) is 3. The van der Waals surface area contributed by atoms with Crippen LogP contribution in [-0.2, 0) is 13.1 Å². The second kappa shape index (κ2) is 4.52. The zero-order valence-corrected chi connectivity index (χ0v) is 10.2.